The molecule has 1 fully saturated rings. The topological polar surface area (TPSA) is 128 Å². The van der Waals surface area contributed by atoms with E-state index in [9.17, 15) is 14.4 Å². The highest BCUT2D eigenvalue weighted by atomic mass is 16.5. The first-order valence-electron chi connectivity index (χ1n) is 6.78. The first kappa shape index (κ1) is 17.2. The minimum absolute atomic E-state index is 0.00573. The highest BCUT2D eigenvalue weighted by Gasteiger charge is 2.32. The number of hydrogen-bond donors (Lipinski definition) is 4. The van der Waals surface area contributed by atoms with Crippen LogP contribution in [0.15, 0.2) is 0 Å². The minimum atomic E-state index is -1.52. The third-order valence-electron chi connectivity index (χ3n) is 3.02. The Bertz CT molecular complexity index is 389. The second kappa shape index (κ2) is 8.42. The lowest BCUT2D eigenvalue weighted by Crippen LogP contribution is -2.58. The maximum atomic E-state index is 12.0. The Kier molecular flexibility index (Phi) is 6.89. The second-order valence-corrected chi connectivity index (χ2v) is 4.55. The highest BCUT2D eigenvalue weighted by Crippen LogP contribution is 2.07. The number of nitrogens with zero attached hydrogens (tertiary/aromatic N) is 1. The van der Waals surface area contributed by atoms with Crippen molar-refractivity contribution in [3.63, 3.8) is 0 Å². The maximum Gasteiger partial charge on any atom is 0.332 e. The Labute approximate surface area is 122 Å². The van der Waals surface area contributed by atoms with E-state index in [2.05, 4.69) is 10.6 Å². The fourth-order valence-electron chi connectivity index (χ4n) is 1.90. The lowest BCUT2D eigenvalue weighted by Gasteiger charge is -2.34. The normalized spacial score (nSPS) is 19.7. The van der Waals surface area contributed by atoms with Crippen LogP contribution in [0.5, 0.6) is 0 Å². The number of rotatable bonds is 6. The number of ether oxygens (including phenoxy) is 1. The Hall–Kier alpha value is -1.87. The van der Waals surface area contributed by atoms with Gasteiger partial charge in [-0.25, -0.2) is 9.59 Å². The van der Waals surface area contributed by atoms with E-state index >= 15 is 0 Å². The van der Waals surface area contributed by atoms with E-state index in [-0.39, 0.29) is 32.0 Å². The third-order valence-corrected chi connectivity index (χ3v) is 3.02. The minimum Gasteiger partial charge on any atom is -0.479 e. The van der Waals surface area contributed by atoms with Crippen molar-refractivity contribution in [1.82, 2.24) is 15.5 Å². The molecule has 1 aliphatic heterocycles. The number of carboxylic acids is 1. The zero-order chi connectivity index (χ0) is 15.8. The van der Waals surface area contributed by atoms with Gasteiger partial charge in [0.25, 0.3) is 0 Å². The zero-order valence-corrected chi connectivity index (χ0v) is 11.9. The number of carboxylic acid groups (broad SMARTS) is 1. The Morgan fingerprint density at radius 2 is 2.10 bits per heavy atom. The molecule has 0 bridgehead atoms. The lowest BCUT2D eigenvalue weighted by atomic mass is 10.2. The first-order valence-corrected chi connectivity index (χ1v) is 6.78. The fraction of sp³-hybridized carbons (Fsp3) is 0.750. The van der Waals surface area contributed by atoms with E-state index < -0.39 is 24.1 Å². The molecule has 21 heavy (non-hydrogen) atoms. The van der Waals surface area contributed by atoms with Crippen molar-refractivity contribution in [3.05, 3.63) is 0 Å². The van der Waals surface area contributed by atoms with Crippen molar-refractivity contribution in [2.75, 3.05) is 32.8 Å². The molecule has 9 heteroatoms. The predicted molar refractivity (Wildman–Crippen MR) is 71.7 cm³/mol. The van der Waals surface area contributed by atoms with Crippen LogP contribution in [0.2, 0.25) is 0 Å². The van der Waals surface area contributed by atoms with Gasteiger partial charge < -0.3 is 30.5 Å². The number of carbonyl (C=O) groups is 3. The van der Waals surface area contributed by atoms with Crippen molar-refractivity contribution in [1.29, 1.82) is 0 Å². The summed E-state index contributed by atoms with van der Waals surface area (Å²) >= 11 is 0. The molecule has 0 saturated carbocycles. The van der Waals surface area contributed by atoms with Crippen LogP contribution < -0.4 is 10.6 Å². The average Bonchev–Trinajstić information content (AvgIpc) is 2.47. The summed E-state index contributed by atoms with van der Waals surface area (Å²) in [5.74, 6) is -1.63. The lowest BCUT2D eigenvalue weighted by molar-refractivity contribution is -0.146. The molecule has 0 aliphatic carbocycles. The van der Waals surface area contributed by atoms with Gasteiger partial charge in [-0.05, 0) is 6.92 Å². The number of hydrogen-bond acceptors (Lipinski definition) is 5. The van der Waals surface area contributed by atoms with Gasteiger partial charge in [-0.3, -0.25) is 4.79 Å². The van der Waals surface area contributed by atoms with Crippen molar-refractivity contribution < 1.29 is 29.3 Å². The van der Waals surface area contributed by atoms with Gasteiger partial charge in [0.15, 0.2) is 6.10 Å². The molecule has 1 aliphatic rings. The molecule has 1 rings (SSSR count). The van der Waals surface area contributed by atoms with Gasteiger partial charge in [-0.2, -0.15) is 0 Å². The summed E-state index contributed by atoms with van der Waals surface area (Å²) in [5.41, 5.74) is 0. The second-order valence-electron chi connectivity index (χ2n) is 4.55. The van der Waals surface area contributed by atoms with Crippen LogP contribution in [0.25, 0.3) is 0 Å². The molecule has 1 saturated heterocycles. The molecule has 0 spiro atoms. The number of morpholine rings is 1. The van der Waals surface area contributed by atoms with Crippen molar-refractivity contribution in [2.24, 2.45) is 0 Å². The molecule has 2 atom stereocenters. The quantitative estimate of drug-likeness (QED) is 0.466. The number of urea groups is 1. The van der Waals surface area contributed by atoms with E-state index in [1.165, 1.54) is 4.90 Å². The SMILES string of the molecule is CCNC(=O)C1COCCN1C(=O)NCCC(O)C(=O)O. The fourth-order valence-corrected chi connectivity index (χ4v) is 1.90. The van der Waals surface area contributed by atoms with Gasteiger partial charge in [0.1, 0.15) is 6.04 Å². The standard InChI is InChI=1S/C12H21N3O6/c1-2-13-10(17)8-7-21-6-5-15(8)12(20)14-4-3-9(16)11(18)19/h8-9,16H,2-7H2,1H3,(H,13,17)(H,14,20)(H,18,19). The van der Waals surface area contributed by atoms with Crippen LogP contribution in [-0.4, -0.2) is 78.0 Å². The Morgan fingerprint density at radius 3 is 2.71 bits per heavy atom. The molecule has 0 aromatic carbocycles. The van der Waals surface area contributed by atoms with Crippen LogP contribution in [-0.2, 0) is 14.3 Å². The summed E-state index contributed by atoms with van der Waals surface area (Å²) in [5, 5.41) is 22.8. The summed E-state index contributed by atoms with van der Waals surface area (Å²) in [6.07, 6.45) is -1.62. The predicted octanol–water partition coefficient (Wildman–Crippen LogP) is -1.63. The molecule has 1 heterocycles. The van der Waals surface area contributed by atoms with E-state index in [0.29, 0.717) is 13.2 Å². The number of aliphatic hydroxyl groups is 1. The summed E-state index contributed by atoms with van der Waals surface area (Å²) in [6.45, 7) is 2.97. The number of amides is 3. The highest BCUT2D eigenvalue weighted by molar-refractivity contribution is 5.87. The average molecular weight is 303 g/mol. The monoisotopic (exact) mass is 303 g/mol. The first-order chi connectivity index (χ1) is 9.97. The van der Waals surface area contributed by atoms with Gasteiger partial charge in [-0.1, -0.05) is 0 Å². The van der Waals surface area contributed by atoms with Crippen molar-refractivity contribution in [3.8, 4) is 0 Å². The molecule has 2 unspecified atom stereocenters. The summed E-state index contributed by atoms with van der Waals surface area (Å²) in [4.78, 5) is 35.7. The van der Waals surface area contributed by atoms with Gasteiger partial charge >= 0.3 is 12.0 Å². The van der Waals surface area contributed by atoms with E-state index in [0.717, 1.165) is 0 Å². The van der Waals surface area contributed by atoms with Crippen LogP contribution in [0, 0.1) is 0 Å². The Balaban J connectivity index is 2.49. The van der Waals surface area contributed by atoms with Crippen LogP contribution in [0.1, 0.15) is 13.3 Å². The van der Waals surface area contributed by atoms with E-state index in [1.807, 2.05) is 0 Å². The van der Waals surface area contributed by atoms with E-state index in [4.69, 9.17) is 14.9 Å². The summed E-state index contributed by atoms with van der Waals surface area (Å²) in [6, 6.07) is -1.18. The van der Waals surface area contributed by atoms with Gasteiger partial charge in [0.05, 0.1) is 13.2 Å². The molecular formula is C12H21N3O6. The number of aliphatic hydroxyl groups excluding tert-OH is 1. The molecule has 4 N–H and O–H groups in total. The number of nitrogens with one attached hydrogen (secondary N) is 2. The smallest absolute Gasteiger partial charge is 0.332 e. The van der Waals surface area contributed by atoms with Crippen molar-refractivity contribution >= 4 is 17.9 Å². The molecule has 0 aromatic rings. The van der Waals surface area contributed by atoms with E-state index in [1.54, 1.807) is 6.92 Å². The zero-order valence-electron chi connectivity index (χ0n) is 11.9. The number of carbonyl (C=O) groups excluding carboxylic acids is 2. The molecule has 0 radical (unpaired) electrons. The van der Waals surface area contributed by atoms with Crippen molar-refractivity contribution in [2.45, 2.75) is 25.5 Å². The van der Waals surface area contributed by atoms with Crippen LogP contribution >= 0.6 is 0 Å². The molecular weight excluding hydrogens is 282 g/mol. The number of aliphatic carboxylic acids is 1. The maximum absolute atomic E-state index is 12.0. The molecule has 0 aromatic heterocycles. The van der Waals surface area contributed by atoms with Crippen LogP contribution in [0.3, 0.4) is 0 Å². The van der Waals surface area contributed by atoms with Gasteiger partial charge in [-0.15, -0.1) is 0 Å². The molecule has 9 nitrogen and oxygen atoms in total. The third kappa shape index (κ3) is 5.20. The van der Waals surface area contributed by atoms with Crippen LogP contribution in [0.4, 0.5) is 4.79 Å². The summed E-state index contributed by atoms with van der Waals surface area (Å²) in [7, 11) is 0. The molecule has 3 amide bonds. The summed E-state index contributed by atoms with van der Waals surface area (Å²) < 4.78 is 5.20. The number of likely N-dealkylation sites (N-methyl/N-ethyl adjacent to an activating group) is 1. The largest absolute Gasteiger partial charge is 0.479 e. The van der Waals surface area contributed by atoms with Gasteiger partial charge in [0, 0.05) is 26.1 Å². The Morgan fingerprint density at radius 1 is 1.38 bits per heavy atom. The molecule has 120 valence electrons. The van der Waals surface area contributed by atoms with Gasteiger partial charge in [0.2, 0.25) is 5.91 Å².